The first-order valence-electron chi connectivity index (χ1n) is 6.26. The van der Waals surface area contributed by atoms with Gasteiger partial charge in [0.15, 0.2) is 0 Å². The molecule has 0 bridgehead atoms. The van der Waals surface area contributed by atoms with Gasteiger partial charge in [0.25, 0.3) is 5.91 Å². The largest absolute Gasteiger partial charge is 0.379 e. The number of carbonyl (C=O) groups excluding carboxylic acids is 1. The lowest BCUT2D eigenvalue weighted by Crippen LogP contribution is -2.30. The Morgan fingerprint density at radius 3 is 2.83 bits per heavy atom. The Morgan fingerprint density at radius 1 is 1.44 bits per heavy atom. The molecule has 0 heterocycles. The molecule has 3 nitrogen and oxygen atoms in total. The van der Waals surface area contributed by atoms with Gasteiger partial charge in [-0.3, -0.25) is 4.79 Å². The maximum Gasteiger partial charge on any atom is 0.254 e. The van der Waals surface area contributed by atoms with Gasteiger partial charge in [-0.05, 0) is 53.5 Å². The molecule has 0 spiro atoms. The standard InChI is InChI=1S/C14H18INO2/c1-16(8-9-18-10-11-6-7-11)14(17)12-4-2-3-5-13(12)15/h2-5,11H,6-10H2,1H3. The van der Waals surface area contributed by atoms with Crippen LogP contribution in [0.4, 0.5) is 0 Å². The maximum atomic E-state index is 12.2. The van der Waals surface area contributed by atoms with E-state index >= 15 is 0 Å². The molecule has 0 N–H and O–H groups in total. The maximum absolute atomic E-state index is 12.2. The summed E-state index contributed by atoms with van der Waals surface area (Å²) in [5.41, 5.74) is 0.766. The highest BCUT2D eigenvalue weighted by Crippen LogP contribution is 2.28. The molecule has 1 aromatic carbocycles. The predicted molar refractivity (Wildman–Crippen MR) is 79.7 cm³/mol. The third kappa shape index (κ3) is 3.95. The fourth-order valence-corrected chi connectivity index (χ4v) is 2.30. The van der Waals surface area contributed by atoms with Crippen molar-refractivity contribution in [3.05, 3.63) is 33.4 Å². The van der Waals surface area contributed by atoms with Crippen molar-refractivity contribution in [3.63, 3.8) is 0 Å². The van der Waals surface area contributed by atoms with Crippen molar-refractivity contribution in [2.24, 2.45) is 5.92 Å². The number of ether oxygens (including phenoxy) is 1. The fraction of sp³-hybridized carbons (Fsp3) is 0.500. The fourth-order valence-electron chi connectivity index (χ4n) is 1.68. The van der Waals surface area contributed by atoms with Crippen LogP contribution in [0.25, 0.3) is 0 Å². The van der Waals surface area contributed by atoms with Gasteiger partial charge in [-0.1, -0.05) is 12.1 Å². The second-order valence-electron chi connectivity index (χ2n) is 4.72. The lowest BCUT2D eigenvalue weighted by atomic mass is 10.2. The molecule has 0 unspecified atom stereocenters. The molecule has 0 saturated heterocycles. The highest BCUT2D eigenvalue weighted by atomic mass is 127. The molecule has 2 rings (SSSR count). The summed E-state index contributed by atoms with van der Waals surface area (Å²) in [6, 6.07) is 7.65. The van der Waals surface area contributed by atoms with Gasteiger partial charge in [-0.25, -0.2) is 0 Å². The Labute approximate surface area is 122 Å². The van der Waals surface area contributed by atoms with Gasteiger partial charge in [0.1, 0.15) is 0 Å². The molecule has 1 amide bonds. The van der Waals surface area contributed by atoms with Gasteiger partial charge in [-0.15, -0.1) is 0 Å². The highest BCUT2D eigenvalue weighted by Gasteiger charge is 2.21. The predicted octanol–water partition coefficient (Wildman–Crippen LogP) is 2.79. The van der Waals surface area contributed by atoms with Gasteiger partial charge in [0, 0.05) is 23.8 Å². The smallest absolute Gasteiger partial charge is 0.254 e. The summed E-state index contributed by atoms with van der Waals surface area (Å²) in [6.07, 6.45) is 2.61. The molecule has 1 aliphatic carbocycles. The Kier molecular flexibility index (Phi) is 5.00. The van der Waals surface area contributed by atoms with Crippen molar-refractivity contribution in [3.8, 4) is 0 Å². The van der Waals surface area contributed by atoms with Crippen molar-refractivity contribution >= 4 is 28.5 Å². The average Bonchev–Trinajstić information content (AvgIpc) is 3.18. The SMILES string of the molecule is CN(CCOCC1CC1)C(=O)c1ccccc1I. The second-order valence-corrected chi connectivity index (χ2v) is 5.89. The van der Waals surface area contributed by atoms with Gasteiger partial charge >= 0.3 is 0 Å². The molecule has 0 radical (unpaired) electrons. The van der Waals surface area contributed by atoms with Gasteiger partial charge < -0.3 is 9.64 Å². The van der Waals surface area contributed by atoms with E-state index in [0.29, 0.717) is 13.2 Å². The van der Waals surface area contributed by atoms with Crippen molar-refractivity contribution in [1.29, 1.82) is 0 Å². The van der Waals surface area contributed by atoms with E-state index in [1.54, 1.807) is 4.90 Å². The lowest BCUT2D eigenvalue weighted by Gasteiger charge is -2.18. The number of benzene rings is 1. The van der Waals surface area contributed by atoms with Crippen LogP contribution >= 0.6 is 22.6 Å². The molecule has 98 valence electrons. The molecular formula is C14H18INO2. The van der Waals surface area contributed by atoms with E-state index in [9.17, 15) is 4.79 Å². The summed E-state index contributed by atoms with van der Waals surface area (Å²) in [4.78, 5) is 13.9. The first-order chi connectivity index (χ1) is 8.68. The molecular weight excluding hydrogens is 341 g/mol. The van der Waals surface area contributed by atoms with Crippen LogP contribution in [-0.2, 0) is 4.74 Å². The van der Waals surface area contributed by atoms with Crippen LogP contribution in [0.1, 0.15) is 23.2 Å². The first-order valence-corrected chi connectivity index (χ1v) is 7.34. The third-order valence-corrected chi connectivity index (χ3v) is 4.01. The normalized spacial score (nSPS) is 14.6. The van der Waals surface area contributed by atoms with E-state index in [1.165, 1.54) is 12.8 Å². The zero-order chi connectivity index (χ0) is 13.0. The van der Waals surface area contributed by atoms with Crippen LogP contribution in [0.2, 0.25) is 0 Å². The summed E-state index contributed by atoms with van der Waals surface area (Å²) < 4.78 is 6.54. The van der Waals surface area contributed by atoms with Crippen LogP contribution in [0.3, 0.4) is 0 Å². The molecule has 0 aliphatic heterocycles. The first kappa shape index (κ1) is 13.8. The van der Waals surface area contributed by atoms with E-state index in [2.05, 4.69) is 22.6 Å². The van der Waals surface area contributed by atoms with Crippen LogP contribution in [0.5, 0.6) is 0 Å². The Bertz CT molecular complexity index is 418. The van der Waals surface area contributed by atoms with Crippen molar-refractivity contribution in [2.75, 3.05) is 26.8 Å². The number of halogens is 1. The monoisotopic (exact) mass is 359 g/mol. The van der Waals surface area contributed by atoms with Crippen molar-refractivity contribution < 1.29 is 9.53 Å². The number of amides is 1. The summed E-state index contributed by atoms with van der Waals surface area (Å²) in [5.74, 6) is 0.844. The molecule has 0 aromatic heterocycles. The Balaban J connectivity index is 1.78. The molecule has 4 heteroatoms. The minimum Gasteiger partial charge on any atom is -0.379 e. The number of hydrogen-bond donors (Lipinski definition) is 0. The molecule has 1 saturated carbocycles. The molecule has 18 heavy (non-hydrogen) atoms. The minimum absolute atomic E-state index is 0.0648. The zero-order valence-corrected chi connectivity index (χ0v) is 12.7. The quantitative estimate of drug-likeness (QED) is 0.578. The van der Waals surface area contributed by atoms with E-state index in [4.69, 9.17) is 4.74 Å². The summed E-state index contributed by atoms with van der Waals surface area (Å²) >= 11 is 2.19. The number of rotatable bonds is 6. The van der Waals surface area contributed by atoms with Crippen LogP contribution in [0, 0.1) is 9.49 Å². The van der Waals surface area contributed by atoms with Crippen LogP contribution in [0.15, 0.2) is 24.3 Å². The topological polar surface area (TPSA) is 29.5 Å². The number of nitrogens with zero attached hydrogens (tertiary/aromatic N) is 1. The van der Waals surface area contributed by atoms with E-state index in [-0.39, 0.29) is 5.91 Å². The molecule has 0 atom stereocenters. The molecule has 1 fully saturated rings. The Hall–Kier alpha value is -0.620. The van der Waals surface area contributed by atoms with Gasteiger partial charge in [0.05, 0.1) is 12.2 Å². The summed E-state index contributed by atoms with van der Waals surface area (Å²) in [7, 11) is 1.83. The summed E-state index contributed by atoms with van der Waals surface area (Å²) in [6.45, 7) is 2.13. The van der Waals surface area contributed by atoms with Crippen molar-refractivity contribution in [1.82, 2.24) is 4.90 Å². The van der Waals surface area contributed by atoms with Gasteiger partial charge in [0.2, 0.25) is 0 Å². The highest BCUT2D eigenvalue weighted by molar-refractivity contribution is 14.1. The summed E-state index contributed by atoms with van der Waals surface area (Å²) in [5, 5.41) is 0. The van der Waals surface area contributed by atoms with Gasteiger partial charge in [-0.2, -0.15) is 0 Å². The van der Waals surface area contributed by atoms with Crippen molar-refractivity contribution in [2.45, 2.75) is 12.8 Å². The third-order valence-electron chi connectivity index (χ3n) is 3.07. The average molecular weight is 359 g/mol. The molecule has 1 aromatic rings. The molecule has 1 aliphatic rings. The van der Waals surface area contributed by atoms with Crippen LogP contribution < -0.4 is 0 Å². The van der Waals surface area contributed by atoms with E-state index < -0.39 is 0 Å². The number of likely N-dealkylation sites (N-methyl/N-ethyl adjacent to an activating group) is 1. The van der Waals surface area contributed by atoms with Crippen LogP contribution in [-0.4, -0.2) is 37.6 Å². The van der Waals surface area contributed by atoms with E-state index in [0.717, 1.165) is 21.7 Å². The Morgan fingerprint density at radius 2 is 2.17 bits per heavy atom. The van der Waals surface area contributed by atoms with E-state index in [1.807, 2.05) is 31.3 Å². The number of carbonyl (C=O) groups is 1. The second kappa shape index (κ2) is 6.52. The lowest BCUT2D eigenvalue weighted by molar-refractivity contribution is 0.0680. The number of hydrogen-bond acceptors (Lipinski definition) is 2. The minimum atomic E-state index is 0.0648. The zero-order valence-electron chi connectivity index (χ0n) is 10.6.